The second kappa shape index (κ2) is 20.0. The van der Waals surface area contributed by atoms with Crippen molar-refractivity contribution in [1.82, 2.24) is 0 Å². The predicted molar refractivity (Wildman–Crippen MR) is 202 cm³/mol. The molecule has 22 nitrogen and oxygen atoms in total. The van der Waals surface area contributed by atoms with E-state index >= 15 is 0 Å². The maximum atomic E-state index is 14.1. The largest absolute Gasteiger partial charge is 0.478 e. The minimum atomic E-state index is -1.87. The van der Waals surface area contributed by atoms with Gasteiger partial charge >= 0.3 is 22.5 Å². The zero-order valence-electron chi connectivity index (χ0n) is 32.4. The molecule has 18 atom stereocenters. The Morgan fingerprint density at radius 1 is 0.672 bits per heavy atom. The monoisotopic (exact) mass is 908 g/mol. The molecule has 3 aliphatic carbocycles. The van der Waals surface area contributed by atoms with Crippen LogP contribution in [0.3, 0.4) is 0 Å². The van der Waals surface area contributed by atoms with Gasteiger partial charge in [-0.15, -0.1) is 0 Å². The fourth-order valence-corrected chi connectivity index (χ4v) is 8.85. The molecule has 0 aromatic heterocycles. The minimum absolute atomic E-state index is 0.180. The Morgan fingerprint density at radius 3 is 1.74 bits per heavy atom. The highest BCUT2D eigenvalue weighted by Gasteiger charge is 2.56. The number of carboxylic acids is 1. The molecule has 0 bridgehead atoms. The zero-order chi connectivity index (χ0) is 44.4. The number of carboxylic acid groups (broad SMARTS) is 1. The molecule has 340 valence electrons. The molecule has 0 radical (unpaired) electrons. The number of aliphatic hydroxyl groups is 9. The molecule has 0 unspecified atom stereocenters. The lowest BCUT2D eigenvalue weighted by Gasteiger charge is -2.45. The van der Waals surface area contributed by atoms with E-state index in [9.17, 15) is 70.2 Å². The summed E-state index contributed by atoms with van der Waals surface area (Å²) in [5.41, 5.74) is -0.242. The Balaban J connectivity index is 1.23. The van der Waals surface area contributed by atoms with Crippen LogP contribution in [-0.2, 0) is 47.5 Å². The molecule has 24 heteroatoms. The molecule has 3 aliphatic heterocycles. The van der Waals surface area contributed by atoms with Crippen LogP contribution in [0.5, 0.6) is 0 Å². The SMILES string of the molecule is CSC(=O)OCC1=C[C@H](O)[C@@H]2C(C(=O)O)=CO[C@@H](O[C@@H]3C[C@H](CO)[C@@H](O)[C@@H](OC(=O)C4=CO[C@@H](O[C@@H]5O[C@H](CO)[C@@H](O)[C@H](O)[C@H]5O)[C@@H]5C(COC(=O)SC)=C[C@H](O)[C@H]45)[C@H]3O)[C@H]12. The maximum Gasteiger partial charge on any atom is 0.367 e. The maximum absolute atomic E-state index is 14.1. The standard InChI is InChI=1S/C37H48O22S2/c1-60-36(50)54-8-13-3-17(40)23-15(31(47)48)10-52-33(21(13)23)56-19-5-12(6-38)25(42)30(27(19)44)58-32(49)16-11-53-34(59-35-29(46)28(45)26(43)20(7-39)57-35)22-14(4-18(41)24(16)22)9-55-37(51)61-2/h3-4,10-12,17-30,33-35,38-46H,5-9H2,1-2H3,(H,47,48)/t12-,17+,18+,19-,20-,21-,22-,23+,24+,25-,26-,27+,28+,29-,30-,33+,34+,35+/m1/s1. The van der Waals surface area contributed by atoms with Gasteiger partial charge in [-0.2, -0.15) is 0 Å². The number of aliphatic hydroxyl groups excluding tert-OH is 9. The van der Waals surface area contributed by atoms with E-state index in [0.29, 0.717) is 0 Å². The number of rotatable bonds is 13. The van der Waals surface area contributed by atoms with Crippen molar-refractivity contribution in [3.8, 4) is 0 Å². The summed E-state index contributed by atoms with van der Waals surface area (Å²) in [6.45, 7) is -2.26. The molecule has 0 spiro atoms. The normalized spacial score (nSPS) is 40.4. The van der Waals surface area contributed by atoms with Crippen LogP contribution >= 0.6 is 23.5 Å². The van der Waals surface area contributed by atoms with E-state index in [1.807, 2.05) is 0 Å². The Bertz CT molecular complexity index is 1770. The van der Waals surface area contributed by atoms with E-state index in [1.54, 1.807) is 0 Å². The molecule has 61 heavy (non-hydrogen) atoms. The summed E-state index contributed by atoms with van der Waals surface area (Å²) < 4.78 is 45.1. The third-order valence-electron chi connectivity index (χ3n) is 11.6. The highest BCUT2D eigenvalue weighted by Crippen LogP contribution is 2.47. The lowest BCUT2D eigenvalue weighted by Crippen LogP contribution is -2.60. The first-order chi connectivity index (χ1) is 29.0. The predicted octanol–water partition coefficient (Wildman–Crippen LogP) is -2.54. The van der Waals surface area contributed by atoms with Crippen LogP contribution in [0.15, 0.2) is 47.0 Å². The van der Waals surface area contributed by atoms with E-state index in [0.717, 1.165) is 36.0 Å². The molecule has 6 aliphatic rings. The highest BCUT2D eigenvalue weighted by atomic mass is 32.2. The van der Waals surface area contributed by atoms with Crippen molar-refractivity contribution in [2.75, 3.05) is 38.9 Å². The van der Waals surface area contributed by atoms with Crippen LogP contribution in [0.2, 0.25) is 0 Å². The first-order valence-electron chi connectivity index (χ1n) is 19.0. The molecule has 0 aromatic rings. The first kappa shape index (κ1) is 47.1. The minimum Gasteiger partial charge on any atom is -0.478 e. The van der Waals surface area contributed by atoms with Crippen molar-refractivity contribution in [3.63, 3.8) is 0 Å². The van der Waals surface area contributed by atoms with E-state index < -0.39 is 152 Å². The van der Waals surface area contributed by atoms with Crippen molar-refractivity contribution >= 4 is 46.1 Å². The van der Waals surface area contributed by atoms with Crippen molar-refractivity contribution in [2.45, 2.75) is 86.3 Å². The molecule has 3 heterocycles. The molecular weight excluding hydrogens is 861 g/mol. The van der Waals surface area contributed by atoms with Gasteiger partial charge in [0.15, 0.2) is 12.4 Å². The first-order valence-corrected chi connectivity index (χ1v) is 21.4. The number of carbonyl (C=O) groups excluding carboxylic acids is 3. The lowest BCUT2D eigenvalue weighted by molar-refractivity contribution is -0.340. The van der Waals surface area contributed by atoms with Crippen molar-refractivity contribution in [2.24, 2.45) is 29.6 Å². The van der Waals surface area contributed by atoms with Gasteiger partial charge < -0.3 is 89.0 Å². The van der Waals surface area contributed by atoms with Crippen molar-refractivity contribution in [1.29, 1.82) is 0 Å². The van der Waals surface area contributed by atoms with Gasteiger partial charge in [-0.25, -0.2) is 19.2 Å². The van der Waals surface area contributed by atoms with Gasteiger partial charge in [0.05, 0.1) is 66.5 Å². The molecule has 1 saturated carbocycles. The molecular formula is C37H48O22S2. The summed E-state index contributed by atoms with van der Waals surface area (Å²) in [7, 11) is 0. The van der Waals surface area contributed by atoms with Crippen LogP contribution in [0.4, 0.5) is 9.59 Å². The smallest absolute Gasteiger partial charge is 0.367 e. The number of thioether (sulfide) groups is 2. The molecule has 10 N–H and O–H groups in total. The second-order valence-electron chi connectivity index (χ2n) is 15.1. The number of hydrogen-bond donors (Lipinski definition) is 10. The average molecular weight is 909 g/mol. The van der Waals surface area contributed by atoms with Gasteiger partial charge in [-0.1, -0.05) is 12.2 Å². The lowest BCUT2D eigenvalue weighted by atomic mass is 9.79. The Labute approximate surface area is 355 Å². The van der Waals surface area contributed by atoms with Gasteiger partial charge in [0.1, 0.15) is 43.7 Å². The Hall–Kier alpha value is -3.34. The number of ether oxygens (including phenoxy) is 8. The number of esters is 1. The van der Waals surface area contributed by atoms with Gasteiger partial charge in [0.2, 0.25) is 12.6 Å². The fourth-order valence-electron chi connectivity index (χ4n) is 8.50. The van der Waals surface area contributed by atoms with Gasteiger partial charge in [0, 0.05) is 24.4 Å². The van der Waals surface area contributed by atoms with Gasteiger partial charge in [-0.3, -0.25) is 0 Å². The second-order valence-corrected chi connectivity index (χ2v) is 16.5. The van der Waals surface area contributed by atoms with Crippen LogP contribution in [-0.4, -0.2) is 192 Å². The summed E-state index contributed by atoms with van der Waals surface area (Å²) >= 11 is 1.53. The van der Waals surface area contributed by atoms with E-state index in [2.05, 4.69) is 0 Å². The van der Waals surface area contributed by atoms with E-state index in [4.69, 9.17) is 37.9 Å². The number of aliphatic carboxylic acids is 1. The Morgan fingerprint density at radius 2 is 1.21 bits per heavy atom. The van der Waals surface area contributed by atoms with Crippen LogP contribution in [0, 0.1) is 29.6 Å². The summed E-state index contributed by atoms with van der Waals surface area (Å²) in [5.74, 6) is -8.39. The third-order valence-corrected chi connectivity index (χ3v) is 12.5. The van der Waals surface area contributed by atoms with Crippen LogP contribution < -0.4 is 0 Å². The summed E-state index contributed by atoms with van der Waals surface area (Å²) in [6, 6.07) is 0. The topological polar surface area (TPSA) is 344 Å². The fraction of sp³-hybridized carbons (Fsp3) is 0.676. The number of hydrogen-bond acceptors (Lipinski definition) is 23. The molecule has 0 aromatic carbocycles. The molecule has 6 rings (SSSR count). The quantitative estimate of drug-likeness (QED) is 0.0517. The summed E-state index contributed by atoms with van der Waals surface area (Å²) in [5, 5.41) is 105. The molecule has 1 saturated heterocycles. The van der Waals surface area contributed by atoms with Gasteiger partial charge in [0.25, 0.3) is 0 Å². The van der Waals surface area contributed by atoms with E-state index in [-0.39, 0.29) is 35.3 Å². The summed E-state index contributed by atoms with van der Waals surface area (Å²) in [6.07, 6.45) is -14.1. The van der Waals surface area contributed by atoms with E-state index in [1.165, 1.54) is 24.7 Å². The van der Waals surface area contributed by atoms with Crippen molar-refractivity contribution < 1.29 is 108 Å². The van der Waals surface area contributed by atoms with Crippen LogP contribution in [0.25, 0.3) is 0 Å². The molecule has 2 fully saturated rings. The Kier molecular flexibility index (Phi) is 15.5. The van der Waals surface area contributed by atoms with Gasteiger partial charge in [-0.05, 0) is 53.6 Å². The number of fused-ring (bicyclic) bond motifs is 2. The van der Waals surface area contributed by atoms with Crippen LogP contribution in [0.1, 0.15) is 6.42 Å². The zero-order valence-corrected chi connectivity index (χ0v) is 34.1. The molecule has 0 amide bonds. The average Bonchev–Trinajstić information content (AvgIpc) is 3.77. The third kappa shape index (κ3) is 9.62. The summed E-state index contributed by atoms with van der Waals surface area (Å²) in [4.78, 5) is 50.2. The van der Waals surface area contributed by atoms with Crippen molar-refractivity contribution in [3.05, 3.63) is 47.0 Å². The highest BCUT2D eigenvalue weighted by molar-refractivity contribution is 8.12. The number of carbonyl (C=O) groups is 4.